The van der Waals surface area contributed by atoms with Crippen molar-refractivity contribution in [3.8, 4) is 5.75 Å². The number of halogens is 1. The van der Waals surface area contributed by atoms with Gasteiger partial charge in [-0.2, -0.15) is 0 Å². The van der Waals surface area contributed by atoms with E-state index in [-0.39, 0.29) is 18.9 Å². The Bertz CT molecular complexity index is 947. The molecule has 1 atom stereocenters. The monoisotopic (exact) mass is 365 g/mol. The van der Waals surface area contributed by atoms with Crippen LogP contribution in [0.4, 0.5) is 4.39 Å². The lowest BCUT2D eigenvalue weighted by atomic mass is 10.1. The summed E-state index contributed by atoms with van der Waals surface area (Å²) in [6.45, 7) is 0.0743. The molecule has 3 aromatic rings. The summed E-state index contributed by atoms with van der Waals surface area (Å²) in [5.74, 6) is -0.548. The van der Waals surface area contributed by atoms with Crippen LogP contribution in [-0.2, 0) is 22.7 Å². The zero-order valence-electron chi connectivity index (χ0n) is 14.3. The normalized spacial score (nSPS) is 15.5. The van der Waals surface area contributed by atoms with Gasteiger partial charge in [0.15, 0.2) is 0 Å². The van der Waals surface area contributed by atoms with Gasteiger partial charge in [0, 0.05) is 22.9 Å². The molecule has 1 aromatic heterocycles. The molecule has 1 aliphatic rings. The van der Waals surface area contributed by atoms with Crippen molar-refractivity contribution in [1.29, 1.82) is 0 Å². The molecular weight excluding hydrogens is 349 g/mol. The highest BCUT2D eigenvalue weighted by atomic mass is 19.1. The van der Waals surface area contributed by atoms with Crippen molar-refractivity contribution in [2.75, 3.05) is 0 Å². The number of ether oxygens (including phenoxy) is 3. The number of hydrogen-bond donors (Lipinski definition) is 0. The maximum absolute atomic E-state index is 14.0. The van der Waals surface area contributed by atoms with Gasteiger partial charge in [0.2, 0.25) is 6.29 Å². The first kappa shape index (κ1) is 17.2. The van der Waals surface area contributed by atoms with Crippen LogP contribution >= 0.6 is 0 Å². The van der Waals surface area contributed by atoms with Crippen molar-refractivity contribution in [1.82, 2.24) is 4.98 Å². The van der Waals surface area contributed by atoms with Crippen LogP contribution in [0.15, 0.2) is 66.9 Å². The van der Waals surface area contributed by atoms with Gasteiger partial charge in [-0.15, -0.1) is 0 Å². The van der Waals surface area contributed by atoms with E-state index in [9.17, 15) is 9.18 Å². The Morgan fingerprint density at radius 2 is 1.96 bits per heavy atom. The molecule has 0 amide bonds. The van der Waals surface area contributed by atoms with Gasteiger partial charge in [0.05, 0.1) is 6.61 Å². The molecule has 0 saturated carbocycles. The minimum atomic E-state index is -0.602. The van der Waals surface area contributed by atoms with Crippen LogP contribution in [0.1, 0.15) is 33.5 Å². The zero-order chi connectivity index (χ0) is 18.6. The molecule has 2 heterocycles. The minimum absolute atomic E-state index is 0.128. The number of carbonyl (C=O) groups excluding carboxylic acids is 1. The van der Waals surface area contributed by atoms with Crippen molar-refractivity contribution in [3.05, 3.63) is 95.1 Å². The summed E-state index contributed by atoms with van der Waals surface area (Å²) in [6.07, 6.45) is 0.903. The molecule has 0 radical (unpaired) electrons. The smallest absolute Gasteiger partial charge is 0.357 e. The molecular formula is C21H16FNO4. The molecule has 6 heteroatoms. The Morgan fingerprint density at radius 3 is 2.74 bits per heavy atom. The number of pyridine rings is 1. The minimum Gasteiger partial charge on any atom is -0.460 e. The second kappa shape index (κ2) is 7.55. The van der Waals surface area contributed by atoms with Gasteiger partial charge >= 0.3 is 5.97 Å². The fourth-order valence-electron chi connectivity index (χ4n) is 2.86. The zero-order valence-corrected chi connectivity index (χ0v) is 14.3. The van der Waals surface area contributed by atoms with Gasteiger partial charge in [-0.05, 0) is 24.3 Å². The standard InChI is InChI=1S/C21H16FNO4/c22-17-10-15(12-25-20(24)18-8-4-5-9-23-18)19-16(11-17)13-26-21(27-19)14-6-2-1-3-7-14/h1-11,21H,12-13H2/t21-/m0/s1. The summed E-state index contributed by atoms with van der Waals surface area (Å²) >= 11 is 0. The fraction of sp³-hybridized carbons (Fsp3) is 0.143. The summed E-state index contributed by atoms with van der Waals surface area (Å²) in [6, 6.07) is 17.1. The van der Waals surface area contributed by atoms with Crippen LogP contribution in [0.25, 0.3) is 0 Å². The van der Waals surface area contributed by atoms with E-state index in [1.54, 1.807) is 18.2 Å². The van der Waals surface area contributed by atoms with E-state index >= 15 is 0 Å². The molecule has 1 aliphatic heterocycles. The van der Waals surface area contributed by atoms with Crippen molar-refractivity contribution in [2.24, 2.45) is 0 Å². The van der Waals surface area contributed by atoms with Crippen molar-refractivity contribution < 1.29 is 23.4 Å². The van der Waals surface area contributed by atoms with Gasteiger partial charge in [-0.3, -0.25) is 0 Å². The molecule has 27 heavy (non-hydrogen) atoms. The number of rotatable bonds is 4. The molecule has 0 N–H and O–H groups in total. The molecule has 0 aliphatic carbocycles. The highest BCUT2D eigenvalue weighted by Crippen LogP contribution is 2.36. The molecule has 4 rings (SSSR count). The molecule has 0 saturated heterocycles. The van der Waals surface area contributed by atoms with E-state index in [2.05, 4.69) is 4.98 Å². The topological polar surface area (TPSA) is 57.7 Å². The third-order valence-corrected chi connectivity index (χ3v) is 4.13. The van der Waals surface area contributed by atoms with E-state index in [1.807, 2.05) is 30.3 Å². The van der Waals surface area contributed by atoms with Crippen LogP contribution in [0.3, 0.4) is 0 Å². The third-order valence-electron chi connectivity index (χ3n) is 4.13. The summed E-state index contributed by atoms with van der Waals surface area (Å²) in [5, 5.41) is 0. The second-order valence-electron chi connectivity index (χ2n) is 6.02. The van der Waals surface area contributed by atoms with E-state index in [0.29, 0.717) is 16.9 Å². The molecule has 0 unspecified atom stereocenters. The quantitative estimate of drug-likeness (QED) is 0.649. The Hall–Kier alpha value is -3.25. The number of fused-ring (bicyclic) bond motifs is 1. The Balaban J connectivity index is 1.55. The highest BCUT2D eigenvalue weighted by Gasteiger charge is 2.25. The van der Waals surface area contributed by atoms with Crippen molar-refractivity contribution in [2.45, 2.75) is 19.5 Å². The van der Waals surface area contributed by atoms with Gasteiger partial charge in [-0.25, -0.2) is 14.2 Å². The van der Waals surface area contributed by atoms with Crippen molar-refractivity contribution in [3.63, 3.8) is 0 Å². The van der Waals surface area contributed by atoms with E-state index < -0.39 is 18.1 Å². The first-order chi connectivity index (χ1) is 13.2. The number of nitrogens with zero attached hydrogens (tertiary/aromatic N) is 1. The molecule has 5 nitrogen and oxygen atoms in total. The molecule has 0 fully saturated rings. The van der Waals surface area contributed by atoms with Gasteiger partial charge < -0.3 is 14.2 Å². The average Bonchev–Trinajstić information content (AvgIpc) is 2.72. The lowest BCUT2D eigenvalue weighted by Gasteiger charge is -2.28. The fourth-order valence-corrected chi connectivity index (χ4v) is 2.86. The molecule has 0 bridgehead atoms. The largest absolute Gasteiger partial charge is 0.460 e. The van der Waals surface area contributed by atoms with E-state index in [4.69, 9.17) is 14.2 Å². The summed E-state index contributed by atoms with van der Waals surface area (Å²) in [7, 11) is 0. The lowest BCUT2D eigenvalue weighted by Crippen LogP contribution is -2.20. The molecule has 2 aromatic carbocycles. The van der Waals surface area contributed by atoms with Crippen LogP contribution in [-0.4, -0.2) is 11.0 Å². The lowest BCUT2D eigenvalue weighted by molar-refractivity contribution is -0.112. The predicted octanol–water partition coefficient (Wildman–Crippen LogP) is 4.19. The number of aromatic nitrogens is 1. The van der Waals surface area contributed by atoms with Crippen LogP contribution in [0.2, 0.25) is 0 Å². The van der Waals surface area contributed by atoms with Crippen LogP contribution < -0.4 is 4.74 Å². The van der Waals surface area contributed by atoms with Gasteiger partial charge in [0.25, 0.3) is 0 Å². The van der Waals surface area contributed by atoms with E-state index in [0.717, 1.165) is 5.56 Å². The molecule has 136 valence electrons. The summed E-state index contributed by atoms with van der Waals surface area (Å²) < 4.78 is 30.9. The third kappa shape index (κ3) is 3.80. The predicted molar refractivity (Wildman–Crippen MR) is 94.4 cm³/mol. The number of carbonyl (C=O) groups is 1. The summed E-state index contributed by atoms with van der Waals surface area (Å²) in [4.78, 5) is 16.1. The number of benzene rings is 2. The second-order valence-corrected chi connectivity index (χ2v) is 6.02. The SMILES string of the molecule is O=C(OCc1cc(F)cc2c1O[C@@H](c1ccccc1)OC2)c1ccccn1. The van der Waals surface area contributed by atoms with Crippen LogP contribution in [0, 0.1) is 5.82 Å². The summed E-state index contributed by atoms with van der Waals surface area (Å²) in [5.41, 5.74) is 2.06. The Morgan fingerprint density at radius 1 is 1.15 bits per heavy atom. The van der Waals surface area contributed by atoms with E-state index in [1.165, 1.54) is 18.3 Å². The Labute approximate surface area is 155 Å². The van der Waals surface area contributed by atoms with Gasteiger partial charge in [0.1, 0.15) is 23.9 Å². The highest BCUT2D eigenvalue weighted by molar-refractivity contribution is 5.87. The first-order valence-corrected chi connectivity index (χ1v) is 8.43. The maximum Gasteiger partial charge on any atom is 0.357 e. The number of hydrogen-bond acceptors (Lipinski definition) is 5. The van der Waals surface area contributed by atoms with Crippen molar-refractivity contribution >= 4 is 5.97 Å². The average molecular weight is 365 g/mol. The maximum atomic E-state index is 14.0. The van der Waals surface area contributed by atoms with Crippen LogP contribution in [0.5, 0.6) is 5.75 Å². The Kier molecular flexibility index (Phi) is 4.80. The van der Waals surface area contributed by atoms with Gasteiger partial charge in [-0.1, -0.05) is 36.4 Å². The first-order valence-electron chi connectivity index (χ1n) is 8.43. The molecule has 0 spiro atoms. The number of esters is 1.